The fourth-order valence-corrected chi connectivity index (χ4v) is 4.65. The van der Waals surface area contributed by atoms with Crippen LogP contribution in [0.2, 0.25) is 0 Å². The monoisotopic (exact) mass is 453 g/mol. The van der Waals surface area contributed by atoms with Gasteiger partial charge >= 0.3 is 0 Å². The lowest BCUT2D eigenvalue weighted by Crippen LogP contribution is -2.10. The van der Waals surface area contributed by atoms with E-state index in [-0.39, 0.29) is 5.41 Å². The third-order valence-electron chi connectivity index (χ3n) is 5.67. The van der Waals surface area contributed by atoms with Gasteiger partial charge in [-0.05, 0) is 28.7 Å². The summed E-state index contributed by atoms with van der Waals surface area (Å²) >= 11 is 1.67. The molecule has 0 aliphatic carbocycles. The van der Waals surface area contributed by atoms with Crippen molar-refractivity contribution in [2.24, 2.45) is 0 Å². The number of pyridine rings is 1. The lowest BCUT2D eigenvalue weighted by atomic mass is 9.87. The van der Waals surface area contributed by atoms with Crippen LogP contribution in [-0.2, 0) is 17.7 Å². The van der Waals surface area contributed by atoms with E-state index in [0.29, 0.717) is 0 Å². The quantitative estimate of drug-likeness (QED) is 0.286. The van der Waals surface area contributed by atoms with Crippen molar-refractivity contribution >= 4 is 17.4 Å². The number of hydrogen-bond acceptors (Lipinski definition) is 4. The lowest BCUT2D eigenvalue weighted by Gasteiger charge is -2.19. The molecule has 0 aliphatic heterocycles. The van der Waals surface area contributed by atoms with Gasteiger partial charge in [-0.2, -0.15) is 0 Å². The lowest BCUT2D eigenvalue weighted by molar-refractivity contribution is 0.590. The molecule has 0 radical (unpaired) electrons. The van der Waals surface area contributed by atoms with Crippen LogP contribution in [0, 0.1) is 0 Å². The minimum atomic E-state index is 0.116. The number of nitrogens with zero attached hydrogens (tertiary/aromatic N) is 5. The van der Waals surface area contributed by atoms with Crippen LogP contribution >= 0.6 is 11.8 Å². The molecule has 0 saturated carbocycles. The molecule has 0 spiro atoms. The highest BCUT2D eigenvalue weighted by Crippen LogP contribution is 2.29. The predicted octanol–water partition coefficient (Wildman–Crippen LogP) is 6.23. The zero-order valence-corrected chi connectivity index (χ0v) is 20.0. The summed E-state index contributed by atoms with van der Waals surface area (Å²) < 4.78 is 4.26. The van der Waals surface area contributed by atoms with E-state index < -0.39 is 0 Å². The Hall–Kier alpha value is -3.38. The van der Waals surface area contributed by atoms with E-state index >= 15 is 0 Å². The second-order valence-corrected chi connectivity index (χ2v) is 10.1. The maximum absolute atomic E-state index is 4.72. The Morgan fingerprint density at radius 1 is 0.848 bits per heavy atom. The van der Waals surface area contributed by atoms with Crippen LogP contribution in [0.15, 0.2) is 90.3 Å². The molecule has 0 amide bonds. The number of imidazole rings is 1. The van der Waals surface area contributed by atoms with Gasteiger partial charge in [-0.1, -0.05) is 93.2 Å². The molecule has 6 heteroatoms. The normalized spacial score (nSPS) is 11.8. The molecule has 33 heavy (non-hydrogen) atoms. The molecule has 5 nitrogen and oxygen atoms in total. The van der Waals surface area contributed by atoms with E-state index in [2.05, 4.69) is 90.3 Å². The van der Waals surface area contributed by atoms with Crippen molar-refractivity contribution in [3.8, 4) is 11.4 Å². The van der Waals surface area contributed by atoms with Gasteiger partial charge in [0.2, 0.25) is 0 Å². The van der Waals surface area contributed by atoms with Crippen LogP contribution < -0.4 is 0 Å². The highest BCUT2D eigenvalue weighted by Gasteiger charge is 2.18. The third-order valence-corrected chi connectivity index (χ3v) is 6.67. The average molecular weight is 454 g/mol. The minimum absolute atomic E-state index is 0.116. The number of hydrogen-bond donors (Lipinski definition) is 0. The Morgan fingerprint density at radius 3 is 2.33 bits per heavy atom. The van der Waals surface area contributed by atoms with Gasteiger partial charge in [0.05, 0.1) is 12.2 Å². The molecular weight excluding hydrogens is 426 g/mol. The Kier molecular flexibility index (Phi) is 5.77. The first-order valence-corrected chi connectivity index (χ1v) is 12.1. The van der Waals surface area contributed by atoms with E-state index in [1.54, 1.807) is 11.8 Å². The van der Waals surface area contributed by atoms with Crippen LogP contribution in [-0.4, -0.2) is 24.1 Å². The molecule has 0 unspecified atom stereocenters. The van der Waals surface area contributed by atoms with Gasteiger partial charge in [-0.3, -0.25) is 4.57 Å². The van der Waals surface area contributed by atoms with Gasteiger partial charge in [-0.15, -0.1) is 10.2 Å². The molecule has 5 rings (SSSR count). The Labute approximate surface area is 198 Å². The molecule has 0 N–H and O–H groups in total. The topological polar surface area (TPSA) is 48.0 Å². The summed E-state index contributed by atoms with van der Waals surface area (Å²) in [4.78, 5) is 4.72. The van der Waals surface area contributed by atoms with Gasteiger partial charge in [0.25, 0.3) is 0 Å². The first-order chi connectivity index (χ1) is 16.0. The number of thioether (sulfide) groups is 1. The van der Waals surface area contributed by atoms with Gasteiger partial charge < -0.3 is 4.40 Å². The summed E-state index contributed by atoms with van der Waals surface area (Å²) in [5.74, 6) is 1.62. The third kappa shape index (κ3) is 4.71. The summed E-state index contributed by atoms with van der Waals surface area (Å²) in [5.41, 5.74) is 5.70. The van der Waals surface area contributed by atoms with E-state index in [1.165, 1.54) is 11.1 Å². The van der Waals surface area contributed by atoms with Crippen molar-refractivity contribution in [3.63, 3.8) is 0 Å². The van der Waals surface area contributed by atoms with Gasteiger partial charge in [0, 0.05) is 23.7 Å². The molecule has 0 bridgehead atoms. The van der Waals surface area contributed by atoms with Gasteiger partial charge in [-0.25, -0.2) is 4.98 Å². The standard InChI is InChI=1S/C27H27N5S/c1-27(2,3)22-14-12-21(13-15-22)25-29-30-26(32(25)17-20-9-5-4-6-10-20)33-19-23-18-31-16-8-7-11-24(31)28-23/h4-16,18H,17,19H2,1-3H3. The van der Waals surface area contributed by atoms with Crippen molar-refractivity contribution < 1.29 is 0 Å². The van der Waals surface area contributed by atoms with Crippen LogP contribution in [0.4, 0.5) is 0 Å². The maximum Gasteiger partial charge on any atom is 0.192 e. The predicted molar refractivity (Wildman–Crippen MR) is 134 cm³/mol. The van der Waals surface area contributed by atoms with Crippen LogP contribution in [0.5, 0.6) is 0 Å². The van der Waals surface area contributed by atoms with Crippen molar-refractivity contribution in [2.75, 3.05) is 0 Å². The smallest absolute Gasteiger partial charge is 0.192 e. The number of fused-ring (bicyclic) bond motifs is 1. The van der Waals surface area contributed by atoms with Gasteiger partial charge in [0.1, 0.15) is 5.65 Å². The van der Waals surface area contributed by atoms with Crippen molar-refractivity contribution in [2.45, 2.75) is 43.6 Å². The van der Waals surface area contributed by atoms with Gasteiger partial charge in [0.15, 0.2) is 11.0 Å². The summed E-state index contributed by atoms with van der Waals surface area (Å²) in [6, 6.07) is 25.2. The van der Waals surface area contributed by atoms with E-state index in [0.717, 1.165) is 40.2 Å². The largest absolute Gasteiger partial charge is 0.307 e. The van der Waals surface area contributed by atoms with Crippen LogP contribution in [0.1, 0.15) is 37.6 Å². The molecule has 5 aromatic rings. The molecule has 0 aliphatic rings. The van der Waals surface area contributed by atoms with Crippen LogP contribution in [0.25, 0.3) is 17.0 Å². The first-order valence-electron chi connectivity index (χ1n) is 11.1. The minimum Gasteiger partial charge on any atom is -0.307 e. The number of rotatable bonds is 6. The van der Waals surface area contributed by atoms with Crippen molar-refractivity contribution in [3.05, 3.63) is 102 Å². The second kappa shape index (κ2) is 8.87. The van der Waals surface area contributed by atoms with E-state index in [1.807, 2.05) is 34.9 Å². The molecule has 3 heterocycles. The molecule has 2 aromatic carbocycles. The van der Waals surface area contributed by atoms with Crippen molar-refractivity contribution in [1.29, 1.82) is 0 Å². The van der Waals surface area contributed by atoms with E-state index in [4.69, 9.17) is 4.98 Å². The highest BCUT2D eigenvalue weighted by molar-refractivity contribution is 7.98. The Balaban J connectivity index is 1.46. The fourth-order valence-electron chi connectivity index (χ4n) is 3.83. The molecule has 0 saturated heterocycles. The van der Waals surface area contributed by atoms with E-state index in [9.17, 15) is 0 Å². The second-order valence-electron chi connectivity index (χ2n) is 9.19. The maximum atomic E-state index is 4.72. The summed E-state index contributed by atoms with van der Waals surface area (Å²) in [7, 11) is 0. The fraction of sp³-hybridized carbons (Fsp3) is 0.222. The zero-order valence-electron chi connectivity index (χ0n) is 19.1. The first kappa shape index (κ1) is 21.5. The summed E-state index contributed by atoms with van der Waals surface area (Å²) in [5, 5.41) is 10.1. The molecule has 3 aromatic heterocycles. The zero-order chi connectivity index (χ0) is 22.8. The number of benzene rings is 2. The molecule has 166 valence electrons. The summed E-state index contributed by atoms with van der Waals surface area (Å²) in [6.07, 6.45) is 4.10. The Morgan fingerprint density at radius 2 is 1.61 bits per heavy atom. The molecule has 0 fully saturated rings. The van der Waals surface area contributed by atoms with Crippen molar-refractivity contribution in [1.82, 2.24) is 24.1 Å². The number of aromatic nitrogens is 5. The summed E-state index contributed by atoms with van der Waals surface area (Å²) in [6.45, 7) is 7.41. The molecular formula is C27H27N5S. The average Bonchev–Trinajstić information content (AvgIpc) is 3.41. The Bertz CT molecular complexity index is 1330. The highest BCUT2D eigenvalue weighted by atomic mass is 32.2. The SMILES string of the molecule is CC(C)(C)c1ccc(-c2nnc(SCc3cn4ccccc4n3)n2Cc2ccccc2)cc1. The van der Waals surface area contributed by atoms with Crippen LogP contribution in [0.3, 0.4) is 0 Å². The molecule has 0 atom stereocenters.